The number of hydrogen-bond donors (Lipinski definition) is 3. The van der Waals surface area contributed by atoms with Gasteiger partial charge in [-0.15, -0.1) is 24.0 Å². The maximum Gasteiger partial charge on any atom is 0.303 e. The molecule has 0 aliphatic heterocycles. The molecule has 0 saturated heterocycles. The number of carbonyl (C=O) groups excluding carboxylic acids is 1. The second-order valence-corrected chi connectivity index (χ2v) is 8.48. The number of aliphatic hydroxyl groups is 1. The molecule has 142 valence electrons. The zero-order valence-electron chi connectivity index (χ0n) is 15.0. The van der Waals surface area contributed by atoms with E-state index in [-0.39, 0.29) is 18.6 Å². The van der Waals surface area contributed by atoms with E-state index in [9.17, 15) is 14.7 Å². The molecule has 1 unspecified atom stereocenters. The van der Waals surface area contributed by atoms with Gasteiger partial charge < -0.3 is 10.2 Å². The molecule has 0 aliphatic rings. The Bertz CT molecular complexity index is 914. The zero-order valence-corrected chi connectivity index (χ0v) is 16.7. The van der Waals surface area contributed by atoms with Gasteiger partial charge in [-0.1, -0.05) is 43.0 Å². The van der Waals surface area contributed by atoms with E-state index in [0.717, 1.165) is 21.2 Å². The summed E-state index contributed by atoms with van der Waals surface area (Å²) in [5.41, 5.74) is 1.85. The first-order valence-electron chi connectivity index (χ1n) is 8.41. The van der Waals surface area contributed by atoms with E-state index in [2.05, 4.69) is 19.2 Å². The van der Waals surface area contributed by atoms with E-state index in [1.54, 1.807) is 19.1 Å². The van der Waals surface area contributed by atoms with E-state index < -0.39 is 10.9 Å². The van der Waals surface area contributed by atoms with Crippen molar-refractivity contribution in [1.82, 2.24) is 0 Å². The summed E-state index contributed by atoms with van der Waals surface area (Å²) >= 11 is 5.51. The maximum absolute atomic E-state index is 12.1. The first kappa shape index (κ1) is 21.2. The van der Waals surface area contributed by atoms with Crippen molar-refractivity contribution in [3.63, 3.8) is 0 Å². The van der Waals surface area contributed by atoms with Crippen LogP contribution in [0, 0.1) is 0 Å². The van der Waals surface area contributed by atoms with Gasteiger partial charge in [0.15, 0.2) is 5.78 Å². The summed E-state index contributed by atoms with van der Waals surface area (Å²) in [5, 5.41) is 19.5. The minimum absolute atomic E-state index is 0.00821. The molecule has 1 heterocycles. The largest absolute Gasteiger partial charge is 0.481 e. The Labute approximate surface area is 167 Å². The highest BCUT2D eigenvalue weighted by Crippen LogP contribution is 2.29. The Morgan fingerprint density at radius 2 is 2.04 bits per heavy atom. The number of hydrogen-bond acceptors (Lipinski definition) is 5. The average molecular weight is 403 g/mol. The smallest absolute Gasteiger partial charge is 0.303 e. The van der Waals surface area contributed by atoms with Crippen molar-refractivity contribution < 1.29 is 19.8 Å². The Hall–Kier alpha value is -2.15. The number of benzene rings is 1. The number of fused-ring (bicyclic) bond motifs is 1. The number of carboxylic acids is 1. The van der Waals surface area contributed by atoms with Crippen molar-refractivity contribution in [1.29, 1.82) is 0 Å². The number of ketones is 1. The number of thiophene rings is 1. The maximum atomic E-state index is 12.1. The van der Waals surface area contributed by atoms with Crippen LogP contribution in [0.4, 0.5) is 0 Å². The number of rotatable bonds is 9. The fraction of sp³-hybridized carbons (Fsp3) is 0.238. The van der Waals surface area contributed by atoms with Crippen molar-refractivity contribution in [2.45, 2.75) is 31.1 Å². The van der Waals surface area contributed by atoms with Gasteiger partial charge in [0.05, 0.1) is 11.3 Å². The molecule has 0 saturated carbocycles. The molecular weight excluding hydrogens is 380 g/mol. The van der Waals surface area contributed by atoms with Crippen molar-refractivity contribution in [2.75, 3.05) is 0 Å². The van der Waals surface area contributed by atoms with Crippen LogP contribution in [0.15, 0.2) is 54.6 Å². The molecule has 1 aromatic carbocycles. The lowest BCUT2D eigenvalue weighted by Gasteiger charge is -2.16. The second kappa shape index (κ2) is 9.17. The van der Waals surface area contributed by atoms with E-state index in [1.807, 2.05) is 36.4 Å². The molecule has 4 nitrogen and oxygen atoms in total. The highest BCUT2D eigenvalue weighted by Gasteiger charge is 2.15. The van der Waals surface area contributed by atoms with E-state index >= 15 is 0 Å². The molecule has 0 spiro atoms. The van der Waals surface area contributed by atoms with Gasteiger partial charge >= 0.3 is 5.97 Å². The van der Waals surface area contributed by atoms with Crippen molar-refractivity contribution in [3.05, 3.63) is 65.1 Å². The Balaban J connectivity index is 2.20. The van der Waals surface area contributed by atoms with Crippen LogP contribution in [0.25, 0.3) is 16.2 Å². The fourth-order valence-electron chi connectivity index (χ4n) is 2.55. The SMILES string of the molecule is C=C/C=C(/C=C\c1ccc2cc(C(=O)CCC(=O)O)sc2c1)CC(C)(O)S. The summed E-state index contributed by atoms with van der Waals surface area (Å²) in [4.78, 5) is 22.2. The number of carboxylic acid groups (broad SMARTS) is 1. The average Bonchev–Trinajstić information content (AvgIpc) is 2.99. The second-order valence-electron chi connectivity index (χ2n) is 6.43. The number of Topliss-reactive ketones (excluding diaryl/α,β-unsaturated/α-hetero) is 1. The minimum Gasteiger partial charge on any atom is -0.481 e. The first-order chi connectivity index (χ1) is 12.7. The molecule has 2 N–H and O–H groups in total. The molecule has 0 radical (unpaired) electrons. The molecule has 2 aromatic rings. The minimum atomic E-state index is -1.11. The van der Waals surface area contributed by atoms with Crippen molar-refractivity contribution >= 4 is 51.9 Å². The van der Waals surface area contributed by atoms with Gasteiger partial charge in [-0.25, -0.2) is 0 Å². The third-order valence-electron chi connectivity index (χ3n) is 3.75. The van der Waals surface area contributed by atoms with Crippen LogP contribution in [-0.2, 0) is 4.79 Å². The van der Waals surface area contributed by atoms with Crippen LogP contribution in [0.1, 0.15) is 41.4 Å². The zero-order chi connectivity index (χ0) is 20.0. The lowest BCUT2D eigenvalue weighted by molar-refractivity contribution is -0.136. The van der Waals surface area contributed by atoms with Gasteiger partial charge in [-0.05, 0) is 35.6 Å². The number of allylic oxidation sites excluding steroid dienone is 3. The van der Waals surface area contributed by atoms with Crippen LogP contribution in [-0.4, -0.2) is 26.9 Å². The summed E-state index contributed by atoms with van der Waals surface area (Å²) < 4.78 is 0.964. The third-order valence-corrected chi connectivity index (χ3v) is 5.04. The van der Waals surface area contributed by atoms with Gasteiger partial charge in [0.2, 0.25) is 0 Å². The molecule has 0 aliphatic carbocycles. The molecule has 0 amide bonds. The lowest BCUT2D eigenvalue weighted by atomic mass is 10.1. The highest BCUT2D eigenvalue weighted by atomic mass is 32.1. The number of thiol groups is 1. The van der Waals surface area contributed by atoms with Crippen LogP contribution < -0.4 is 0 Å². The predicted octanol–water partition coefficient (Wildman–Crippen LogP) is 5.10. The topological polar surface area (TPSA) is 74.6 Å². The van der Waals surface area contributed by atoms with E-state index in [4.69, 9.17) is 5.11 Å². The monoisotopic (exact) mass is 402 g/mol. The van der Waals surface area contributed by atoms with Crippen LogP contribution in [0.3, 0.4) is 0 Å². The quantitative estimate of drug-likeness (QED) is 0.236. The summed E-state index contributed by atoms with van der Waals surface area (Å²) in [6.45, 7) is 5.31. The van der Waals surface area contributed by atoms with Crippen LogP contribution in [0.2, 0.25) is 0 Å². The van der Waals surface area contributed by atoms with Gasteiger partial charge in [-0.3, -0.25) is 9.59 Å². The normalized spacial score (nSPS) is 14.4. The van der Waals surface area contributed by atoms with Gasteiger partial charge in [-0.2, -0.15) is 0 Å². The number of carbonyl (C=O) groups is 2. The lowest BCUT2D eigenvalue weighted by Crippen LogP contribution is -2.15. The van der Waals surface area contributed by atoms with Gasteiger partial charge in [0.25, 0.3) is 0 Å². The summed E-state index contributed by atoms with van der Waals surface area (Å²) in [6, 6.07) is 7.67. The Kier molecular flexibility index (Phi) is 7.18. The Morgan fingerprint density at radius 3 is 2.67 bits per heavy atom. The molecule has 0 bridgehead atoms. The summed E-state index contributed by atoms with van der Waals surface area (Å²) in [6.07, 6.45) is 7.55. The molecule has 1 atom stereocenters. The van der Waals surface area contributed by atoms with Crippen LogP contribution in [0.5, 0.6) is 0 Å². The Morgan fingerprint density at radius 1 is 1.30 bits per heavy atom. The summed E-state index contributed by atoms with van der Waals surface area (Å²) in [7, 11) is 0. The molecule has 2 rings (SSSR count). The first-order valence-corrected chi connectivity index (χ1v) is 9.67. The number of aliphatic carboxylic acids is 1. The molecule has 27 heavy (non-hydrogen) atoms. The fourth-order valence-corrected chi connectivity index (χ4v) is 3.81. The van der Waals surface area contributed by atoms with Gasteiger partial charge in [0, 0.05) is 17.5 Å². The molecular formula is C21H22O4S2. The molecule has 6 heteroatoms. The van der Waals surface area contributed by atoms with Crippen molar-refractivity contribution in [2.24, 2.45) is 0 Å². The van der Waals surface area contributed by atoms with E-state index in [0.29, 0.717) is 11.3 Å². The van der Waals surface area contributed by atoms with Crippen molar-refractivity contribution in [3.8, 4) is 0 Å². The van der Waals surface area contributed by atoms with Crippen LogP contribution >= 0.6 is 24.0 Å². The predicted molar refractivity (Wildman–Crippen MR) is 115 cm³/mol. The van der Waals surface area contributed by atoms with E-state index in [1.165, 1.54) is 11.3 Å². The molecule has 1 aromatic heterocycles. The summed E-state index contributed by atoms with van der Waals surface area (Å²) in [5.74, 6) is -1.12. The highest BCUT2D eigenvalue weighted by molar-refractivity contribution is 7.81. The van der Waals surface area contributed by atoms with Gasteiger partial charge in [0.1, 0.15) is 4.93 Å². The standard InChI is InChI=1S/C21H22O4S2/c1-3-4-15(13-21(2,25)26)6-5-14-7-8-16-12-19(27-18(16)11-14)17(22)9-10-20(23)24/h3-8,11-12,25-26H,1,9-10,13H2,2H3,(H,23,24)/b6-5-,15-4-. The molecule has 0 fully saturated rings. The third kappa shape index (κ3) is 6.82.